The van der Waals surface area contributed by atoms with Gasteiger partial charge in [-0.05, 0) is 61.2 Å². The van der Waals surface area contributed by atoms with Gasteiger partial charge in [-0.2, -0.15) is 0 Å². The zero-order chi connectivity index (χ0) is 33.0. The van der Waals surface area contributed by atoms with E-state index in [0.717, 1.165) is 15.9 Å². The van der Waals surface area contributed by atoms with Crippen molar-refractivity contribution < 1.29 is 33.1 Å². The molecule has 13 heteroatoms. The second kappa shape index (κ2) is 10.5. The van der Waals surface area contributed by atoms with E-state index in [2.05, 4.69) is 20.9 Å². The summed E-state index contributed by atoms with van der Waals surface area (Å²) in [6.07, 6.45) is 1.62. The minimum atomic E-state index is -2.15. The first-order valence-corrected chi connectivity index (χ1v) is 16.7. The first-order valence-electron chi connectivity index (χ1n) is 14.8. The molecular formula is C34H23BrCl2FN3O6. The Bertz CT molecular complexity index is 2050. The number of hydrogen-bond donors (Lipinski definition) is 1. The molecule has 0 unspecified atom stereocenters. The van der Waals surface area contributed by atoms with E-state index >= 15 is 0 Å². The number of para-hydroxylation sites is 3. The van der Waals surface area contributed by atoms with Gasteiger partial charge in [0.25, 0.3) is 11.8 Å². The summed E-state index contributed by atoms with van der Waals surface area (Å²) >= 11 is 17.5. The molecular weight excluding hydrogens is 716 g/mol. The summed E-state index contributed by atoms with van der Waals surface area (Å²) in [5, 5.41) is 10.9. The van der Waals surface area contributed by atoms with Crippen LogP contribution in [0.5, 0.6) is 5.75 Å². The maximum Gasteiger partial charge on any atom is 0.254 e. The van der Waals surface area contributed by atoms with Gasteiger partial charge in [-0.3, -0.25) is 29.0 Å². The zero-order valence-electron chi connectivity index (χ0n) is 24.2. The molecule has 3 aromatic carbocycles. The molecule has 1 aromatic heterocycles. The van der Waals surface area contributed by atoms with Gasteiger partial charge in [0.05, 0.1) is 23.0 Å². The Kier molecular flexibility index (Phi) is 6.75. The van der Waals surface area contributed by atoms with E-state index in [-0.39, 0.29) is 23.9 Å². The largest absolute Gasteiger partial charge is 0.505 e. The average molecular weight is 739 g/mol. The predicted molar refractivity (Wildman–Crippen MR) is 173 cm³/mol. The third kappa shape index (κ3) is 3.96. The highest BCUT2D eigenvalue weighted by Crippen LogP contribution is 2.66. The molecule has 2 aliphatic carbocycles. The van der Waals surface area contributed by atoms with E-state index in [4.69, 9.17) is 27.6 Å². The average Bonchev–Trinajstić information content (AvgIpc) is 3.66. The van der Waals surface area contributed by atoms with Gasteiger partial charge in [-0.15, -0.1) is 23.2 Å². The third-order valence-electron chi connectivity index (χ3n) is 10.0. The summed E-state index contributed by atoms with van der Waals surface area (Å²) in [4.78, 5) is 58.1. The number of nitrogens with zero attached hydrogens (tertiary/aromatic N) is 3. The van der Waals surface area contributed by atoms with Crippen LogP contribution in [0, 0.1) is 23.6 Å². The van der Waals surface area contributed by atoms with E-state index in [1.165, 1.54) is 12.1 Å². The molecule has 8 rings (SSSR count). The van der Waals surface area contributed by atoms with Crippen LogP contribution in [0.3, 0.4) is 0 Å². The van der Waals surface area contributed by atoms with Crippen molar-refractivity contribution in [2.75, 3.05) is 10.4 Å². The van der Waals surface area contributed by atoms with Crippen LogP contribution in [-0.4, -0.2) is 53.8 Å². The standard InChI is InChI=1S/C34H23BrCl2FN3O6/c35-15-40-31(45)33(36)14-21-18(26(34(33,37)32(40)46)20-4-3-5-22(38)27(20)42)12-13-19-25(21)30(44)41(29(19)43)17-10-8-16(9-11-17)28-39-23-6-1-2-7-24(23)47-28/h1-12,19,21,25-26,42H,13-15H2/t19-,21+,25-,26+,33+,34-/m0/s1. The Labute approximate surface area is 285 Å². The van der Waals surface area contributed by atoms with E-state index in [0.29, 0.717) is 33.8 Å². The lowest BCUT2D eigenvalue weighted by Gasteiger charge is -2.50. The van der Waals surface area contributed by atoms with Crippen molar-refractivity contribution in [2.45, 2.75) is 28.5 Å². The Balaban J connectivity index is 1.19. The molecule has 1 saturated carbocycles. The number of hydrogen-bond acceptors (Lipinski definition) is 7. The highest BCUT2D eigenvalue weighted by atomic mass is 79.9. The second-order valence-corrected chi connectivity index (χ2v) is 14.0. The lowest BCUT2D eigenvalue weighted by Crippen LogP contribution is -2.60. The number of aromatic nitrogens is 1. The van der Waals surface area contributed by atoms with E-state index in [1.54, 1.807) is 30.3 Å². The minimum absolute atomic E-state index is 0.0413. The number of carbonyl (C=O) groups excluding carboxylic acids is 4. The van der Waals surface area contributed by atoms with Crippen LogP contribution < -0.4 is 4.90 Å². The third-order valence-corrected chi connectivity index (χ3v) is 11.9. The predicted octanol–water partition coefficient (Wildman–Crippen LogP) is 6.26. The van der Waals surface area contributed by atoms with Crippen molar-refractivity contribution in [2.24, 2.45) is 17.8 Å². The molecule has 47 heavy (non-hydrogen) atoms. The number of phenolic OH excluding ortho intramolecular Hbond substituents is 1. The minimum Gasteiger partial charge on any atom is -0.505 e. The summed E-state index contributed by atoms with van der Waals surface area (Å²) in [6.45, 7) is 0. The molecule has 6 atom stereocenters. The number of likely N-dealkylation sites (tertiary alicyclic amines) is 1. The summed E-state index contributed by atoms with van der Waals surface area (Å²) in [5.41, 5.74) is 2.53. The van der Waals surface area contributed by atoms with Gasteiger partial charge < -0.3 is 9.52 Å². The highest BCUT2D eigenvalue weighted by molar-refractivity contribution is 9.09. The van der Waals surface area contributed by atoms with Gasteiger partial charge in [-0.1, -0.05) is 51.8 Å². The molecule has 0 radical (unpaired) electrons. The molecule has 3 fully saturated rings. The van der Waals surface area contributed by atoms with Gasteiger partial charge in [0.1, 0.15) is 5.52 Å². The molecule has 3 heterocycles. The Morgan fingerprint density at radius 3 is 2.43 bits per heavy atom. The van der Waals surface area contributed by atoms with Gasteiger partial charge in [0.2, 0.25) is 17.7 Å². The number of alkyl halides is 3. The Morgan fingerprint density at radius 1 is 0.957 bits per heavy atom. The summed E-state index contributed by atoms with van der Waals surface area (Å²) in [6, 6.07) is 17.9. The van der Waals surface area contributed by atoms with Crippen LogP contribution in [0.15, 0.2) is 82.8 Å². The first kappa shape index (κ1) is 30.3. The molecule has 9 nitrogen and oxygen atoms in total. The van der Waals surface area contributed by atoms with Crippen molar-refractivity contribution >= 4 is 79.5 Å². The van der Waals surface area contributed by atoms with Crippen LogP contribution >= 0.6 is 39.1 Å². The number of amides is 4. The fourth-order valence-corrected chi connectivity index (χ4v) is 9.28. The smallest absolute Gasteiger partial charge is 0.254 e. The Morgan fingerprint density at radius 2 is 1.70 bits per heavy atom. The number of carbonyl (C=O) groups is 4. The molecule has 4 aromatic rings. The normalized spacial score (nSPS) is 30.1. The highest BCUT2D eigenvalue weighted by Gasteiger charge is 2.76. The number of allylic oxidation sites excluding steroid dienone is 2. The summed E-state index contributed by atoms with van der Waals surface area (Å²) in [7, 11) is 0. The van der Waals surface area contributed by atoms with Crippen LogP contribution in [-0.2, 0) is 19.2 Å². The summed E-state index contributed by atoms with van der Waals surface area (Å²) in [5.74, 6) is -7.63. The van der Waals surface area contributed by atoms with Crippen molar-refractivity contribution in [3.8, 4) is 17.2 Å². The SMILES string of the molecule is O=C1[C@H]2[C@H](CC=C3[C@H]2C[C@@]2(Cl)C(=O)N(CBr)C(=O)[C@@]2(Cl)[C@H]3c2cccc(F)c2O)C(=O)N1c1ccc(-c2nc3ccccc3o2)cc1. The van der Waals surface area contributed by atoms with Gasteiger partial charge in [0, 0.05) is 17.0 Å². The van der Waals surface area contributed by atoms with Crippen molar-refractivity contribution in [3.05, 3.63) is 89.8 Å². The summed E-state index contributed by atoms with van der Waals surface area (Å²) < 4.78 is 20.6. The number of aromatic hydroxyl groups is 1. The fourth-order valence-electron chi connectivity index (χ4n) is 7.87. The van der Waals surface area contributed by atoms with Crippen molar-refractivity contribution in [1.29, 1.82) is 0 Å². The maximum atomic E-state index is 14.8. The van der Waals surface area contributed by atoms with Crippen LogP contribution in [0.2, 0.25) is 0 Å². The van der Waals surface area contributed by atoms with Crippen LogP contribution in [0.25, 0.3) is 22.6 Å². The van der Waals surface area contributed by atoms with Gasteiger partial charge in [-0.25, -0.2) is 9.37 Å². The molecule has 1 N–H and O–H groups in total. The lowest BCUT2D eigenvalue weighted by atomic mass is 9.56. The molecule has 2 aliphatic heterocycles. The molecule has 2 saturated heterocycles. The number of fused-ring (bicyclic) bond motifs is 5. The number of anilines is 1. The van der Waals surface area contributed by atoms with Gasteiger partial charge >= 0.3 is 0 Å². The topological polar surface area (TPSA) is 121 Å². The number of phenols is 1. The molecule has 238 valence electrons. The van der Waals surface area contributed by atoms with Crippen molar-refractivity contribution in [3.63, 3.8) is 0 Å². The zero-order valence-corrected chi connectivity index (χ0v) is 27.3. The molecule has 4 aliphatic rings. The first-order chi connectivity index (χ1) is 22.5. The monoisotopic (exact) mass is 737 g/mol. The number of oxazole rings is 1. The number of rotatable bonds is 4. The second-order valence-electron chi connectivity index (χ2n) is 12.2. The van der Waals surface area contributed by atoms with E-state index < -0.39 is 68.6 Å². The van der Waals surface area contributed by atoms with E-state index in [9.17, 15) is 28.7 Å². The van der Waals surface area contributed by atoms with Crippen LogP contribution in [0.4, 0.5) is 10.1 Å². The van der Waals surface area contributed by atoms with Crippen molar-refractivity contribution in [1.82, 2.24) is 9.88 Å². The lowest BCUT2D eigenvalue weighted by molar-refractivity contribution is -0.138. The van der Waals surface area contributed by atoms with Crippen LogP contribution in [0.1, 0.15) is 24.3 Å². The van der Waals surface area contributed by atoms with E-state index in [1.807, 2.05) is 24.3 Å². The maximum absolute atomic E-state index is 14.8. The molecule has 4 amide bonds. The number of imide groups is 2. The molecule has 0 spiro atoms. The van der Waals surface area contributed by atoms with Gasteiger partial charge in [0.15, 0.2) is 26.9 Å². The Hall–Kier alpha value is -4.06. The fraction of sp³-hybridized carbons (Fsp3) is 0.265. The number of benzene rings is 3. The molecule has 0 bridgehead atoms. The quantitative estimate of drug-likeness (QED) is 0.114. The number of halogens is 4.